The number of carbonyl (C=O) groups excluding carboxylic acids is 1. The van der Waals surface area contributed by atoms with Crippen LogP contribution in [0, 0.1) is 11.3 Å². The Morgan fingerprint density at radius 2 is 2.22 bits per heavy atom. The Morgan fingerprint density at radius 1 is 1.52 bits per heavy atom. The van der Waals surface area contributed by atoms with Crippen LogP contribution in [-0.2, 0) is 4.74 Å². The summed E-state index contributed by atoms with van der Waals surface area (Å²) in [6.45, 7) is 3.31. The average Bonchev–Trinajstić information content (AvgIpc) is 2.90. The number of aromatic nitrogens is 2. The first-order chi connectivity index (χ1) is 10.7. The van der Waals surface area contributed by atoms with Gasteiger partial charge in [-0.05, 0) is 39.7 Å². The highest BCUT2D eigenvalue weighted by Crippen LogP contribution is 2.30. The zero-order chi connectivity index (χ0) is 17.2. The molecular formula is C15H20F2N4O2. The quantitative estimate of drug-likeness (QED) is 0.836. The first kappa shape index (κ1) is 17.2. The van der Waals surface area contributed by atoms with Gasteiger partial charge in [0.1, 0.15) is 11.7 Å². The molecule has 0 N–H and O–H groups in total. The fourth-order valence-electron chi connectivity index (χ4n) is 2.64. The number of alkyl halides is 2. The lowest BCUT2D eigenvalue weighted by Crippen LogP contribution is -2.42. The molecule has 1 aliphatic rings. The summed E-state index contributed by atoms with van der Waals surface area (Å²) >= 11 is 0. The number of ether oxygens (including phenoxy) is 1. The maximum Gasteiger partial charge on any atom is 0.410 e. The van der Waals surface area contributed by atoms with Crippen molar-refractivity contribution in [3.8, 4) is 6.07 Å². The summed E-state index contributed by atoms with van der Waals surface area (Å²) in [7, 11) is 0. The molecule has 1 aromatic rings. The van der Waals surface area contributed by atoms with E-state index in [2.05, 4.69) is 5.10 Å². The summed E-state index contributed by atoms with van der Waals surface area (Å²) in [4.78, 5) is 13.7. The highest BCUT2D eigenvalue weighted by atomic mass is 19.3. The maximum absolute atomic E-state index is 13.1. The summed E-state index contributed by atoms with van der Waals surface area (Å²) in [5.41, 5.74) is -0.373. The van der Waals surface area contributed by atoms with Crippen LogP contribution in [0.3, 0.4) is 0 Å². The van der Waals surface area contributed by atoms with E-state index in [1.54, 1.807) is 26.8 Å². The fraction of sp³-hybridized carbons (Fsp3) is 0.667. The Hall–Kier alpha value is -2.17. The number of carbonyl (C=O) groups is 1. The number of hydrogen-bond acceptors (Lipinski definition) is 4. The van der Waals surface area contributed by atoms with Gasteiger partial charge < -0.3 is 9.64 Å². The van der Waals surface area contributed by atoms with E-state index in [4.69, 9.17) is 10.00 Å². The fourth-order valence-corrected chi connectivity index (χ4v) is 2.64. The normalized spacial score (nSPS) is 18.8. The molecule has 0 saturated carbocycles. The monoisotopic (exact) mass is 326 g/mol. The molecule has 2 rings (SSSR count). The van der Waals surface area contributed by atoms with Crippen molar-refractivity contribution in [1.29, 1.82) is 5.26 Å². The van der Waals surface area contributed by atoms with Crippen molar-refractivity contribution in [2.45, 2.75) is 51.7 Å². The lowest BCUT2D eigenvalue weighted by molar-refractivity contribution is 0.0183. The van der Waals surface area contributed by atoms with Crippen LogP contribution in [0.15, 0.2) is 6.07 Å². The van der Waals surface area contributed by atoms with E-state index in [0.29, 0.717) is 24.1 Å². The van der Waals surface area contributed by atoms with E-state index in [1.807, 2.05) is 0 Å². The molecule has 0 aliphatic carbocycles. The number of halogens is 2. The third-order valence-corrected chi connectivity index (χ3v) is 3.56. The predicted molar refractivity (Wildman–Crippen MR) is 78.0 cm³/mol. The Labute approximate surface area is 133 Å². The second-order valence-electron chi connectivity index (χ2n) is 6.55. The number of nitriles is 1. The summed E-state index contributed by atoms with van der Waals surface area (Å²) in [6.07, 6.45) is 0.883. The lowest BCUT2D eigenvalue weighted by atomic mass is 9.94. The van der Waals surface area contributed by atoms with Gasteiger partial charge in [0, 0.05) is 19.0 Å². The van der Waals surface area contributed by atoms with Crippen molar-refractivity contribution < 1.29 is 18.3 Å². The molecule has 8 heteroatoms. The molecule has 126 valence electrons. The summed E-state index contributed by atoms with van der Waals surface area (Å²) in [6, 6.07) is 3.15. The molecule has 2 heterocycles. The van der Waals surface area contributed by atoms with Gasteiger partial charge in [-0.3, -0.25) is 0 Å². The van der Waals surface area contributed by atoms with Crippen LogP contribution in [0.25, 0.3) is 0 Å². The van der Waals surface area contributed by atoms with Gasteiger partial charge in [0.25, 0.3) is 0 Å². The minimum absolute atomic E-state index is 0.0466. The van der Waals surface area contributed by atoms with Crippen molar-refractivity contribution in [2.75, 3.05) is 13.1 Å². The largest absolute Gasteiger partial charge is 0.444 e. The molecule has 0 radical (unpaired) electrons. The van der Waals surface area contributed by atoms with E-state index in [9.17, 15) is 13.6 Å². The minimum atomic E-state index is -2.82. The van der Waals surface area contributed by atoms with Gasteiger partial charge in [-0.2, -0.15) is 19.1 Å². The lowest BCUT2D eigenvalue weighted by Gasteiger charge is -2.34. The first-order valence-corrected chi connectivity index (χ1v) is 7.47. The van der Waals surface area contributed by atoms with Gasteiger partial charge in [-0.15, -0.1) is 0 Å². The van der Waals surface area contributed by atoms with Crippen molar-refractivity contribution in [3.63, 3.8) is 0 Å². The van der Waals surface area contributed by atoms with Crippen molar-refractivity contribution in [3.05, 3.63) is 17.5 Å². The van der Waals surface area contributed by atoms with Crippen LogP contribution < -0.4 is 0 Å². The van der Waals surface area contributed by atoms with Crippen LogP contribution >= 0.6 is 0 Å². The van der Waals surface area contributed by atoms with E-state index in [1.165, 1.54) is 11.0 Å². The van der Waals surface area contributed by atoms with Gasteiger partial charge in [0.15, 0.2) is 5.69 Å². The molecule has 1 atom stereocenters. The van der Waals surface area contributed by atoms with Crippen LogP contribution in [0.1, 0.15) is 57.5 Å². The molecule has 0 bridgehead atoms. The van der Waals surface area contributed by atoms with Crippen LogP contribution in [0.5, 0.6) is 0 Å². The minimum Gasteiger partial charge on any atom is -0.444 e. The van der Waals surface area contributed by atoms with Crippen molar-refractivity contribution in [1.82, 2.24) is 14.7 Å². The molecule has 23 heavy (non-hydrogen) atoms. The van der Waals surface area contributed by atoms with Gasteiger partial charge in [0.05, 0.1) is 5.69 Å². The van der Waals surface area contributed by atoms with Crippen molar-refractivity contribution in [2.24, 2.45) is 0 Å². The van der Waals surface area contributed by atoms with Crippen LogP contribution in [0.2, 0.25) is 0 Å². The first-order valence-electron chi connectivity index (χ1n) is 7.47. The van der Waals surface area contributed by atoms with Crippen LogP contribution in [-0.4, -0.2) is 39.5 Å². The van der Waals surface area contributed by atoms with E-state index >= 15 is 0 Å². The summed E-state index contributed by atoms with van der Waals surface area (Å²) < 4.78 is 32.1. The zero-order valence-electron chi connectivity index (χ0n) is 13.4. The number of likely N-dealkylation sites (tertiary alicyclic amines) is 1. The highest BCUT2D eigenvalue weighted by molar-refractivity contribution is 5.68. The van der Waals surface area contributed by atoms with Gasteiger partial charge in [-0.25, -0.2) is 9.48 Å². The molecule has 1 unspecified atom stereocenters. The molecular weight excluding hydrogens is 306 g/mol. The highest BCUT2D eigenvalue weighted by Gasteiger charge is 2.31. The topological polar surface area (TPSA) is 71.2 Å². The molecule has 1 fully saturated rings. The predicted octanol–water partition coefficient (Wildman–Crippen LogP) is 3.26. The standard InChI is InChI=1S/C15H20F2N4O2/c1-15(2,3)23-14(22)20-6-4-5-10(9-20)12-7-11(8-18)19-21(12)13(16)17/h7,10,13H,4-6,9H2,1-3H3. The second kappa shape index (κ2) is 6.52. The number of hydrogen-bond donors (Lipinski definition) is 0. The van der Waals surface area contributed by atoms with Gasteiger partial charge >= 0.3 is 12.6 Å². The molecule has 0 spiro atoms. The molecule has 1 amide bonds. The van der Waals surface area contributed by atoms with Crippen molar-refractivity contribution >= 4 is 6.09 Å². The SMILES string of the molecule is CC(C)(C)OC(=O)N1CCCC(c2cc(C#N)nn2C(F)F)C1. The second-order valence-corrected chi connectivity index (χ2v) is 6.55. The van der Waals surface area contributed by atoms with Gasteiger partial charge in [0.2, 0.25) is 0 Å². The molecule has 0 aromatic carbocycles. The summed E-state index contributed by atoms with van der Waals surface area (Å²) in [5, 5.41) is 12.5. The molecule has 1 aromatic heterocycles. The average molecular weight is 326 g/mol. The number of rotatable bonds is 2. The molecule has 1 aliphatic heterocycles. The Kier molecular flexibility index (Phi) is 4.88. The third-order valence-electron chi connectivity index (χ3n) is 3.56. The summed E-state index contributed by atoms with van der Waals surface area (Å²) in [5.74, 6) is -0.292. The Morgan fingerprint density at radius 3 is 2.78 bits per heavy atom. The maximum atomic E-state index is 13.1. The number of amides is 1. The third kappa shape index (κ3) is 4.18. The zero-order valence-corrected chi connectivity index (χ0v) is 13.4. The van der Waals surface area contributed by atoms with E-state index < -0.39 is 18.2 Å². The smallest absolute Gasteiger partial charge is 0.410 e. The number of piperidine rings is 1. The van der Waals surface area contributed by atoms with Gasteiger partial charge in [-0.1, -0.05) is 0 Å². The Bertz CT molecular complexity index is 616. The van der Waals surface area contributed by atoms with E-state index in [0.717, 1.165) is 0 Å². The van der Waals surface area contributed by atoms with Crippen LogP contribution in [0.4, 0.5) is 13.6 Å². The molecule has 1 saturated heterocycles. The van der Waals surface area contributed by atoms with E-state index in [-0.39, 0.29) is 23.9 Å². The Balaban J connectivity index is 2.17. The number of nitrogens with zero attached hydrogens (tertiary/aromatic N) is 4. The molecule has 6 nitrogen and oxygen atoms in total.